The Morgan fingerprint density at radius 2 is 2.07 bits per heavy atom. The van der Waals surface area contributed by atoms with Crippen LogP contribution in [0.1, 0.15) is 24.9 Å². The molecule has 0 heterocycles. The van der Waals surface area contributed by atoms with Crippen LogP contribution in [0.4, 0.5) is 0 Å². The fourth-order valence-electron chi connectivity index (χ4n) is 1.23. The van der Waals surface area contributed by atoms with E-state index in [0.717, 1.165) is 18.0 Å². The molecule has 0 aromatic heterocycles. The molecule has 0 aliphatic rings. The predicted molar refractivity (Wildman–Crippen MR) is 61.3 cm³/mol. The molecule has 0 aliphatic heterocycles. The minimum Gasteiger partial charge on any atom is -0.309 e. The molecular formula is C12H14ClN. The molecule has 1 nitrogen and oxygen atoms in total. The second-order valence-electron chi connectivity index (χ2n) is 3.18. The third-order valence-corrected chi connectivity index (χ3v) is 2.34. The van der Waals surface area contributed by atoms with E-state index in [-0.39, 0.29) is 0 Å². The van der Waals surface area contributed by atoms with Crippen molar-refractivity contribution < 1.29 is 0 Å². The highest BCUT2D eigenvalue weighted by Gasteiger charge is 2.02. The van der Waals surface area contributed by atoms with Crippen LogP contribution in [0.25, 0.3) is 0 Å². The van der Waals surface area contributed by atoms with Crippen molar-refractivity contribution >= 4 is 11.6 Å². The SMILES string of the molecule is C#CCCNC(C)c1ccc(Cl)cc1. The van der Waals surface area contributed by atoms with Crippen molar-refractivity contribution in [2.75, 3.05) is 6.54 Å². The van der Waals surface area contributed by atoms with Gasteiger partial charge in [-0.1, -0.05) is 23.7 Å². The lowest BCUT2D eigenvalue weighted by atomic mass is 10.1. The third kappa shape index (κ3) is 3.41. The second-order valence-corrected chi connectivity index (χ2v) is 3.62. The smallest absolute Gasteiger partial charge is 0.0406 e. The van der Waals surface area contributed by atoms with Gasteiger partial charge in [-0.25, -0.2) is 0 Å². The number of nitrogens with one attached hydrogen (secondary N) is 1. The highest BCUT2D eigenvalue weighted by Crippen LogP contribution is 2.15. The zero-order chi connectivity index (χ0) is 10.4. The zero-order valence-electron chi connectivity index (χ0n) is 8.26. The molecule has 0 fully saturated rings. The van der Waals surface area contributed by atoms with Gasteiger partial charge < -0.3 is 5.32 Å². The molecule has 2 heteroatoms. The van der Waals surface area contributed by atoms with E-state index in [2.05, 4.69) is 18.2 Å². The Bertz CT molecular complexity index is 310. The topological polar surface area (TPSA) is 12.0 Å². The van der Waals surface area contributed by atoms with Crippen molar-refractivity contribution in [3.8, 4) is 12.3 Å². The zero-order valence-corrected chi connectivity index (χ0v) is 9.01. The first-order valence-corrected chi connectivity index (χ1v) is 5.04. The second kappa shape index (κ2) is 5.70. The molecule has 0 saturated carbocycles. The summed E-state index contributed by atoms with van der Waals surface area (Å²) in [5.74, 6) is 2.60. The van der Waals surface area contributed by atoms with Gasteiger partial charge in [0.1, 0.15) is 0 Å². The van der Waals surface area contributed by atoms with Crippen molar-refractivity contribution in [1.82, 2.24) is 5.32 Å². The molecule has 1 aromatic carbocycles. The lowest BCUT2D eigenvalue weighted by Gasteiger charge is -2.12. The largest absolute Gasteiger partial charge is 0.309 e. The Labute approximate surface area is 90.5 Å². The first-order chi connectivity index (χ1) is 6.74. The minimum absolute atomic E-state index is 0.320. The highest BCUT2D eigenvalue weighted by atomic mass is 35.5. The quantitative estimate of drug-likeness (QED) is 0.591. The van der Waals surface area contributed by atoms with E-state index in [1.807, 2.05) is 24.3 Å². The van der Waals surface area contributed by atoms with Crippen LogP contribution in [-0.4, -0.2) is 6.54 Å². The van der Waals surface area contributed by atoms with Crippen LogP contribution in [0.2, 0.25) is 5.02 Å². The summed E-state index contributed by atoms with van der Waals surface area (Å²) in [7, 11) is 0. The molecular weight excluding hydrogens is 194 g/mol. The first-order valence-electron chi connectivity index (χ1n) is 4.66. The molecule has 1 atom stereocenters. The van der Waals surface area contributed by atoms with Crippen LogP contribution >= 0.6 is 11.6 Å². The maximum Gasteiger partial charge on any atom is 0.0406 e. The molecule has 0 bridgehead atoms. The van der Waals surface area contributed by atoms with E-state index in [9.17, 15) is 0 Å². The molecule has 0 radical (unpaired) electrons. The Morgan fingerprint density at radius 1 is 1.43 bits per heavy atom. The van der Waals surface area contributed by atoms with Crippen LogP contribution in [0.15, 0.2) is 24.3 Å². The summed E-state index contributed by atoms with van der Waals surface area (Å²) in [5, 5.41) is 4.10. The Balaban J connectivity index is 2.48. The summed E-state index contributed by atoms with van der Waals surface area (Å²) in [6, 6.07) is 8.17. The fraction of sp³-hybridized carbons (Fsp3) is 0.333. The normalized spacial score (nSPS) is 12.1. The van der Waals surface area contributed by atoms with E-state index in [1.54, 1.807) is 0 Å². The van der Waals surface area contributed by atoms with Gasteiger partial charge in [-0.3, -0.25) is 0 Å². The Kier molecular flexibility index (Phi) is 4.52. The summed E-state index contributed by atoms with van der Waals surface area (Å²) in [6.45, 7) is 2.96. The molecule has 1 N–H and O–H groups in total. The van der Waals surface area contributed by atoms with Gasteiger partial charge in [0.15, 0.2) is 0 Å². The van der Waals surface area contributed by atoms with Gasteiger partial charge in [0.25, 0.3) is 0 Å². The molecule has 1 aromatic rings. The van der Waals surface area contributed by atoms with Gasteiger partial charge in [-0.05, 0) is 24.6 Å². The molecule has 74 valence electrons. The van der Waals surface area contributed by atoms with Crippen molar-refractivity contribution in [3.05, 3.63) is 34.9 Å². The fourth-order valence-corrected chi connectivity index (χ4v) is 1.36. The third-order valence-electron chi connectivity index (χ3n) is 2.09. The lowest BCUT2D eigenvalue weighted by Crippen LogP contribution is -2.19. The summed E-state index contributed by atoms with van der Waals surface area (Å²) in [6.07, 6.45) is 5.93. The summed E-state index contributed by atoms with van der Waals surface area (Å²) in [5.41, 5.74) is 1.23. The number of rotatable bonds is 4. The monoisotopic (exact) mass is 207 g/mol. The first kappa shape index (κ1) is 11.1. The molecule has 1 unspecified atom stereocenters. The van der Waals surface area contributed by atoms with E-state index < -0.39 is 0 Å². The number of halogens is 1. The van der Waals surface area contributed by atoms with Crippen LogP contribution in [0, 0.1) is 12.3 Å². The van der Waals surface area contributed by atoms with E-state index in [1.165, 1.54) is 5.56 Å². The van der Waals surface area contributed by atoms with Gasteiger partial charge in [0.2, 0.25) is 0 Å². The average molecular weight is 208 g/mol. The molecule has 0 aliphatic carbocycles. The summed E-state index contributed by atoms with van der Waals surface area (Å²) < 4.78 is 0. The van der Waals surface area contributed by atoms with Gasteiger partial charge in [-0.15, -0.1) is 12.3 Å². The Morgan fingerprint density at radius 3 is 2.64 bits per heavy atom. The van der Waals surface area contributed by atoms with Crippen molar-refractivity contribution in [2.24, 2.45) is 0 Å². The van der Waals surface area contributed by atoms with Gasteiger partial charge in [0, 0.05) is 24.0 Å². The van der Waals surface area contributed by atoms with Crippen LogP contribution < -0.4 is 5.32 Å². The van der Waals surface area contributed by atoms with E-state index in [4.69, 9.17) is 18.0 Å². The molecule has 14 heavy (non-hydrogen) atoms. The van der Waals surface area contributed by atoms with Crippen LogP contribution in [0.3, 0.4) is 0 Å². The number of hydrogen-bond donors (Lipinski definition) is 1. The van der Waals surface area contributed by atoms with E-state index in [0.29, 0.717) is 6.04 Å². The number of benzene rings is 1. The number of hydrogen-bond acceptors (Lipinski definition) is 1. The van der Waals surface area contributed by atoms with Crippen molar-refractivity contribution in [2.45, 2.75) is 19.4 Å². The van der Waals surface area contributed by atoms with Gasteiger partial charge in [-0.2, -0.15) is 0 Å². The maximum absolute atomic E-state index is 5.80. The van der Waals surface area contributed by atoms with Crippen LogP contribution in [-0.2, 0) is 0 Å². The standard InChI is InChI=1S/C12H14ClN/c1-3-4-9-14-10(2)11-5-7-12(13)8-6-11/h1,5-8,10,14H,4,9H2,2H3. The van der Waals surface area contributed by atoms with Gasteiger partial charge in [0.05, 0.1) is 0 Å². The molecule has 1 rings (SSSR count). The maximum atomic E-state index is 5.80. The average Bonchev–Trinajstić information content (AvgIpc) is 2.19. The molecule has 0 amide bonds. The minimum atomic E-state index is 0.320. The van der Waals surface area contributed by atoms with Crippen molar-refractivity contribution in [3.63, 3.8) is 0 Å². The summed E-state index contributed by atoms with van der Waals surface area (Å²) in [4.78, 5) is 0. The van der Waals surface area contributed by atoms with Crippen LogP contribution in [0.5, 0.6) is 0 Å². The predicted octanol–water partition coefficient (Wildman–Crippen LogP) is 3.01. The highest BCUT2D eigenvalue weighted by molar-refractivity contribution is 6.30. The van der Waals surface area contributed by atoms with Crippen molar-refractivity contribution in [1.29, 1.82) is 0 Å². The van der Waals surface area contributed by atoms with E-state index >= 15 is 0 Å². The Hall–Kier alpha value is -0.970. The lowest BCUT2D eigenvalue weighted by molar-refractivity contribution is 0.584. The molecule has 0 saturated heterocycles. The number of terminal acetylenes is 1. The molecule has 0 spiro atoms. The van der Waals surface area contributed by atoms with Gasteiger partial charge >= 0.3 is 0 Å². The summed E-state index contributed by atoms with van der Waals surface area (Å²) >= 11 is 5.80.